The van der Waals surface area contributed by atoms with Crippen LogP contribution in [0.5, 0.6) is 0 Å². The fourth-order valence-electron chi connectivity index (χ4n) is 4.29. The zero-order chi connectivity index (χ0) is 24.1. The van der Waals surface area contributed by atoms with E-state index in [1.807, 2.05) is 13.8 Å². The highest BCUT2D eigenvalue weighted by Gasteiger charge is 2.26. The van der Waals surface area contributed by atoms with Crippen LogP contribution in [-0.2, 0) is 4.74 Å². The molecule has 1 aliphatic rings. The lowest BCUT2D eigenvalue weighted by Crippen LogP contribution is -2.41. The van der Waals surface area contributed by atoms with Gasteiger partial charge in [-0.1, -0.05) is 57.0 Å². The lowest BCUT2D eigenvalue weighted by molar-refractivity contribution is -0.553. The first-order valence-electron chi connectivity index (χ1n) is 12.1. The van der Waals surface area contributed by atoms with E-state index in [-0.39, 0.29) is 17.4 Å². The number of H-pyrrole nitrogens is 1. The topological polar surface area (TPSA) is 97.3 Å². The van der Waals surface area contributed by atoms with Crippen molar-refractivity contribution in [3.05, 3.63) is 80.3 Å². The summed E-state index contributed by atoms with van der Waals surface area (Å²) in [5.41, 5.74) is 4.86. The van der Waals surface area contributed by atoms with Crippen molar-refractivity contribution >= 4 is 0 Å². The Morgan fingerprint density at radius 2 is 1.88 bits per heavy atom. The molecule has 2 atom stereocenters. The molecule has 1 saturated carbocycles. The van der Waals surface area contributed by atoms with Gasteiger partial charge in [0.05, 0.1) is 18.8 Å². The van der Waals surface area contributed by atoms with Gasteiger partial charge in [0, 0.05) is 29.9 Å². The number of nitrogens with one attached hydrogen (secondary N) is 2. The lowest BCUT2D eigenvalue weighted by Gasteiger charge is -2.30. The van der Waals surface area contributed by atoms with Gasteiger partial charge >= 0.3 is 0 Å². The number of pyridine rings is 1. The standard InChI is InChI=1S/C20H32N2O3.C6H7NO/c1-3-4-10-20(21-22(23)24)16(2)15-25-19-13-11-18(12-14-19)17-8-6-5-7-9-17;1-5-4-6(8)2-3-7-5/h5-9,16,18-21H,3-4,10-15H2,1-2H3;2-4H,1H3,(H,7,8). The number of hydrazine groups is 1. The highest BCUT2D eigenvalue weighted by atomic mass is 16.7. The maximum atomic E-state index is 10.8. The van der Waals surface area contributed by atoms with Crippen LogP contribution in [0.4, 0.5) is 0 Å². The Labute approximate surface area is 197 Å². The first-order chi connectivity index (χ1) is 15.9. The van der Waals surface area contributed by atoms with E-state index in [9.17, 15) is 14.9 Å². The van der Waals surface area contributed by atoms with Crippen LogP contribution in [0.15, 0.2) is 53.5 Å². The predicted octanol–water partition coefficient (Wildman–Crippen LogP) is 5.39. The average Bonchev–Trinajstić information content (AvgIpc) is 2.81. The molecular weight excluding hydrogens is 418 g/mol. The second-order valence-corrected chi connectivity index (χ2v) is 9.04. The molecule has 2 N–H and O–H groups in total. The van der Waals surface area contributed by atoms with Crippen molar-refractivity contribution in [3.8, 4) is 0 Å². The van der Waals surface area contributed by atoms with Crippen LogP contribution in [0.3, 0.4) is 0 Å². The molecule has 1 aromatic carbocycles. The summed E-state index contributed by atoms with van der Waals surface area (Å²) in [6, 6.07) is 13.7. The third-order valence-corrected chi connectivity index (χ3v) is 6.28. The van der Waals surface area contributed by atoms with Crippen molar-refractivity contribution < 1.29 is 9.77 Å². The van der Waals surface area contributed by atoms with Gasteiger partial charge in [-0.2, -0.15) is 0 Å². The van der Waals surface area contributed by atoms with E-state index in [2.05, 4.69) is 47.7 Å². The molecule has 182 valence electrons. The van der Waals surface area contributed by atoms with Crippen LogP contribution in [0.1, 0.15) is 76.0 Å². The van der Waals surface area contributed by atoms with Crippen molar-refractivity contribution in [2.24, 2.45) is 5.92 Å². The molecule has 7 nitrogen and oxygen atoms in total. The number of nitro groups is 1. The molecule has 0 spiro atoms. The van der Waals surface area contributed by atoms with Gasteiger partial charge in [0.1, 0.15) is 0 Å². The predicted molar refractivity (Wildman–Crippen MR) is 132 cm³/mol. The highest BCUT2D eigenvalue weighted by molar-refractivity contribution is 5.19. The Morgan fingerprint density at radius 3 is 2.42 bits per heavy atom. The van der Waals surface area contributed by atoms with Gasteiger partial charge in [-0.25, -0.2) is 10.1 Å². The molecule has 7 heteroatoms. The van der Waals surface area contributed by atoms with Crippen molar-refractivity contribution in [2.75, 3.05) is 6.61 Å². The summed E-state index contributed by atoms with van der Waals surface area (Å²) in [5, 5.41) is 10.4. The molecule has 1 fully saturated rings. The summed E-state index contributed by atoms with van der Waals surface area (Å²) in [6.45, 7) is 6.60. The molecule has 3 rings (SSSR count). The zero-order valence-electron chi connectivity index (χ0n) is 20.2. The van der Waals surface area contributed by atoms with E-state index in [1.54, 1.807) is 12.3 Å². The minimum Gasteiger partial charge on any atom is -0.378 e. The molecule has 0 bridgehead atoms. The van der Waals surface area contributed by atoms with Gasteiger partial charge in [-0.15, -0.1) is 5.43 Å². The number of ether oxygens (including phenoxy) is 1. The molecule has 0 amide bonds. The third-order valence-electron chi connectivity index (χ3n) is 6.28. The van der Waals surface area contributed by atoms with Gasteiger partial charge in [-0.3, -0.25) is 4.79 Å². The summed E-state index contributed by atoms with van der Waals surface area (Å²) in [5.74, 6) is 0.788. The highest BCUT2D eigenvalue weighted by Crippen LogP contribution is 2.34. The van der Waals surface area contributed by atoms with Crippen LogP contribution in [0.2, 0.25) is 0 Å². The Hall–Kier alpha value is -2.67. The first-order valence-corrected chi connectivity index (χ1v) is 12.1. The Balaban J connectivity index is 0.000000405. The van der Waals surface area contributed by atoms with E-state index in [4.69, 9.17) is 4.74 Å². The van der Waals surface area contributed by atoms with E-state index in [0.717, 1.165) is 50.6 Å². The fourth-order valence-corrected chi connectivity index (χ4v) is 4.29. The molecule has 1 heterocycles. The van der Waals surface area contributed by atoms with E-state index < -0.39 is 5.03 Å². The third kappa shape index (κ3) is 10.2. The molecule has 1 aromatic heterocycles. The Bertz CT molecular complexity index is 863. The first kappa shape index (κ1) is 26.6. The van der Waals surface area contributed by atoms with Gasteiger partial charge in [0.2, 0.25) is 0 Å². The second-order valence-electron chi connectivity index (χ2n) is 9.04. The maximum absolute atomic E-state index is 10.8. The summed E-state index contributed by atoms with van der Waals surface area (Å²) >= 11 is 0. The number of aryl methyl sites for hydroxylation is 1. The monoisotopic (exact) mass is 457 g/mol. The SMILES string of the molecule is CCCCC(N[N+](=O)[O-])C(C)COC1CCC(c2ccccc2)CC1.Cc1cc(=O)cc[nH]1. The summed E-state index contributed by atoms with van der Waals surface area (Å²) < 4.78 is 6.11. The number of nitrogens with zero attached hydrogens (tertiary/aromatic N) is 1. The van der Waals surface area contributed by atoms with Gasteiger partial charge < -0.3 is 9.72 Å². The van der Waals surface area contributed by atoms with E-state index in [0.29, 0.717) is 18.6 Å². The average molecular weight is 458 g/mol. The normalized spacial score (nSPS) is 19.6. The van der Waals surface area contributed by atoms with Gasteiger partial charge in [0.25, 0.3) is 0 Å². The number of unbranched alkanes of at least 4 members (excludes halogenated alkanes) is 1. The van der Waals surface area contributed by atoms with Crippen molar-refractivity contribution in [1.29, 1.82) is 0 Å². The number of benzene rings is 1. The van der Waals surface area contributed by atoms with Crippen molar-refractivity contribution in [2.45, 2.75) is 83.8 Å². The lowest BCUT2D eigenvalue weighted by atomic mass is 9.83. The minimum absolute atomic E-state index is 0.0567. The largest absolute Gasteiger partial charge is 0.378 e. The number of aromatic nitrogens is 1. The molecule has 0 radical (unpaired) electrons. The number of aromatic amines is 1. The van der Waals surface area contributed by atoms with Crippen LogP contribution in [0, 0.1) is 23.0 Å². The van der Waals surface area contributed by atoms with Gasteiger partial charge in [0.15, 0.2) is 10.5 Å². The molecule has 0 aliphatic heterocycles. The van der Waals surface area contributed by atoms with Crippen molar-refractivity contribution in [3.63, 3.8) is 0 Å². The van der Waals surface area contributed by atoms with Gasteiger partial charge in [-0.05, 0) is 50.5 Å². The number of hydrogen-bond acceptors (Lipinski definition) is 4. The Morgan fingerprint density at radius 1 is 1.18 bits per heavy atom. The molecule has 2 aromatic rings. The van der Waals surface area contributed by atoms with Crippen LogP contribution in [-0.4, -0.2) is 28.8 Å². The van der Waals surface area contributed by atoms with Crippen LogP contribution < -0.4 is 10.9 Å². The summed E-state index contributed by atoms with van der Waals surface area (Å²) in [7, 11) is 0. The van der Waals surface area contributed by atoms with Crippen LogP contribution >= 0.6 is 0 Å². The van der Waals surface area contributed by atoms with E-state index >= 15 is 0 Å². The minimum atomic E-state index is -0.415. The van der Waals surface area contributed by atoms with Crippen molar-refractivity contribution in [1.82, 2.24) is 10.4 Å². The molecule has 33 heavy (non-hydrogen) atoms. The zero-order valence-corrected chi connectivity index (χ0v) is 20.2. The summed E-state index contributed by atoms with van der Waals surface area (Å²) in [6.07, 6.45) is 9.28. The quantitative estimate of drug-likeness (QED) is 0.368. The van der Waals surface area contributed by atoms with E-state index in [1.165, 1.54) is 11.6 Å². The molecule has 1 aliphatic carbocycles. The second kappa shape index (κ2) is 14.5. The maximum Gasteiger partial charge on any atom is 0.181 e. The number of rotatable bonds is 10. The molecular formula is C26H39N3O4. The molecule has 2 unspecified atom stereocenters. The number of hydrogen-bond donors (Lipinski definition) is 2. The summed E-state index contributed by atoms with van der Waals surface area (Å²) in [4.78, 5) is 24.2. The molecule has 0 saturated heterocycles. The Kier molecular flexibility index (Phi) is 11.7. The van der Waals surface area contributed by atoms with Crippen LogP contribution in [0.25, 0.3) is 0 Å². The fraction of sp³-hybridized carbons (Fsp3) is 0.577. The smallest absolute Gasteiger partial charge is 0.181 e.